The van der Waals surface area contributed by atoms with Gasteiger partial charge in [-0.1, -0.05) is 29.8 Å². The highest BCUT2D eigenvalue weighted by atomic mass is 32.2. The fourth-order valence-corrected chi connectivity index (χ4v) is 7.34. The van der Waals surface area contributed by atoms with Gasteiger partial charge in [0.25, 0.3) is 5.56 Å². The number of hydrogen-bond donors (Lipinski definition) is 0. The van der Waals surface area contributed by atoms with Crippen LogP contribution in [-0.2, 0) is 21.2 Å². The standard InChI is InChI=1S/C23H26N4O4S2/c1-16-2-4-17(5-3-16)19-13-32-22-21(19)23(29)27(15-24-22)12-20(28)26-9-7-25(8-10-26)18-6-11-33(30,31)14-18/h2-5,13,15,18H,6-12,14H2,1H3. The topological polar surface area (TPSA) is 92.6 Å². The molecule has 1 unspecified atom stereocenters. The van der Waals surface area contributed by atoms with Gasteiger partial charge in [-0.15, -0.1) is 11.3 Å². The molecule has 3 aromatic rings. The monoisotopic (exact) mass is 486 g/mol. The summed E-state index contributed by atoms with van der Waals surface area (Å²) < 4.78 is 24.9. The van der Waals surface area contributed by atoms with Crippen molar-refractivity contribution in [1.82, 2.24) is 19.4 Å². The Kier molecular flexibility index (Phi) is 5.84. The lowest BCUT2D eigenvalue weighted by atomic mass is 10.1. The van der Waals surface area contributed by atoms with Crippen LogP contribution in [0.2, 0.25) is 0 Å². The van der Waals surface area contributed by atoms with Crippen LogP contribution in [0.1, 0.15) is 12.0 Å². The van der Waals surface area contributed by atoms with Crippen molar-refractivity contribution >= 4 is 37.3 Å². The first-order chi connectivity index (χ1) is 15.8. The minimum absolute atomic E-state index is 0.0528. The van der Waals surface area contributed by atoms with Gasteiger partial charge in [-0.05, 0) is 18.9 Å². The van der Waals surface area contributed by atoms with Gasteiger partial charge in [0.2, 0.25) is 5.91 Å². The molecule has 2 aliphatic heterocycles. The molecule has 1 atom stereocenters. The molecule has 0 aliphatic carbocycles. The van der Waals surface area contributed by atoms with Gasteiger partial charge < -0.3 is 4.90 Å². The van der Waals surface area contributed by atoms with Gasteiger partial charge in [0, 0.05) is 43.2 Å². The van der Waals surface area contributed by atoms with Crippen molar-refractivity contribution < 1.29 is 13.2 Å². The molecule has 0 radical (unpaired) electrons. The van der Waals surface area contributed by atoms with E-state index >= 15 is 0 Å². The summed E-state index contributed by atoms with van der Waals surface area (Å²) in [6.07, 6.45) is 2.12. The minimum atomic E-state index is -2.93. The number of thiophene rings is 1. The summed E-state index contributed by atoms with van der Waals surface area (Å²) in [5.74, 6) is 0.345. The maximum atomic E-state index is 13.2. The fraction of sp³-hybridized carbons (Fsp3) is 0.435. The van der Waals surface area contributed by atoms with E-state index in [1.54, 1.807) is 4.90 Å². The summed E-state index contributed by atoms with van der Waals surface area (Å²) in [7, 11) is -2.93. The van der Waals surface area contributed by atoms with Crippen molar-refractivity contribution in [2.45, 2.75) is 25.9 Å². The Balaban J connectivity index is 1.30. The summed E-state index contributed by atoms with van der Waals surface area (Å²) >= 11 is 1.43. The molecule has 0 bridgehead atoms. The predicted octanol–water partition coefficient (Wildman–Crippen LogP) is 1.76. The van der Waals surface area contributed by atoms with E-state index in [9.17, 15) is 18.0 Å². The van der Waals surface area contributed by atoms with Crippen LogP contribution in [0.15, 0.2) is 40.8 Å². The number of piperazine rings is 1. The normalized spacial score (nSPS) is 21.0. The molecule has 33 heavy (non-hydrogen) atoms. The lowest BCUT2D eigenvalue weighted by Gasteiger charge is -2.37. The van der Waals surface area contributed by atoms with Crippen molar-refractivity contribution in [2.75, 3.05) is 37.7 Å². The third kappa shape index (κ3) is 4.47. The molecule has 2 aromatic heterocycles. The quantitative estimate of drug-likeness (QED) is 0.558. The molecule has 0 spiro atoms. The SMILES string of the molecule is Cc1ccc(-c2csc3ncn(CC(=O)N4CCN(C5CCS(=O)(=O)C5)CC4)c(=O)c23)cc1. The highest BCUT2D eigenvalue weighted by Crippen LogP contribution is 2.30. The number of rotatable bonds is 4. The number of nitrogens with zero attached hydrogens (tertiary/aromatic N) is 4. The molecule has 2 saturated heterocycles. The highest BCUT2D eigenvalue weighted by Gasteiger charge is 2.34. The average Bonchev–Trinajstić information content (AvgIpc) is 3.40. The van der Waals surface area contributed by atoms with Gasteiger partial charge in [-0.2, -0.15) is 0 Å². The van der Waals surface area contributed by atoms with Crippen molar-refractivity contribution in [2.24, 2.45) is 0 Å². The van der Waals surface area contributed by atoms with Gasteiger partial charge in [-0.25, -0.2) is 13.4 Å². The molecule has 1 amide bonds. The third-order valence-electron chi connectivity index (χ3n) is 6.62. The zero-order valence-electron chi connectivity index (χ0n) is 18.4. The third-order valence-corrected chi connectivity index (χ3v) is 9.26. The predicted molar refractivity (Wildman–Crippen MR) is 129 cm³/mol. The number of carbonyl (C=O) groups is 1. The Morgan fingerprint density at radius 2 is 1.88 bits per heavy atom. The van der Waals surface area contributed by atoms with Crippen LogP contribution in [0.5, 0.6) is 0 Å². The Morgan fingerprint density at radius 3 is 2.55 bits per heavy atom. The molecule has 2 fully saturated rings. The Hall–Kier alpha value is -2.56. The molecule has 4 heterocycles. The molecule has 1 aromatic carbocycles. The molecule has 10 heteroatoms. The van der Waals surface area contributed by atoms with Gasteiger partial charge >= 0.3 is 0 Å². The van der Waals surface area contributed by atoms with Crippen LogP contribution in [0.25, 0.3) is 21.3 Å². The minimum Gasteiger partial charge on any atom is -0.339 e. The second kappa shape index (κ2) is 8.66. The van der Waals surface area contributed by atoms with Crippen LogP contribution < -0.4 is 5.56 Å². The summed E-state index contributed by atoms with van der Waals surface area (Å²) in [5, 5.41) is 2.49. The number of carbonyl (C=O) groups excluding carboxylic acids is 1. The second-order valence-electron chi connectivity index (χ2n) is 8.85. The van der Waals surface area contributed by atoms with Crippen molar-refractivity contribution in [3.8, 4) is 11.1 Å². The van der Waals surface area contributed by atoms with Crippen molar-refractivity contribution in [1.29, 1.82) is 0 Å². The van der Waals surface area contributed by atoms with Gasteiger partial charge in [0.05, 0.1) is 23.2 Å². The van der Waals surface area contributed by atoms with Crippen molar-refractivity contribution in [3.63, 3.8) is 0 Å². The van der Waals surface area contributed by atoms with Crippen LogP contribution in [0.4, 0.5) is 0 Å². The Morgan fingerprint density at radius 1 is 1.15 bits per heavy atom. The van der Waals surface area contributed by atoms with E-state index in [4.69, 9.17) is 0 Å². The Labute approximate surface area is 196 Å². The lowest BCUT2D eigenvalue weighted by Crippen LogP contribution is -2.53. The first kappa shape index (κ1) is 22.2. The number of aromatic nitrogens is 2. The number of fused-ring (bicyclic) bond motifs is 1. The number of sulfone groups is 1. The molecular formula is C23H26N4O4S2. The van der Waals surface area contributed by atoms with Gasteiger partial charge in [0.1, 0.15) is 11.4 Å². The summed E-state index contributed by atoms with van der Waals surface area (Å²) in [6.45, 7) is 4.34. The lowest BCUT2D eigenvalue weighted by molar-refractivity contribution is -0.133. The maximum absolute atomic E-state index is 13.2. The molecule has 8 nitrogen and oxygen atoms in total. The molecular weight excluding hydrogens is 460 g/mol. The number of benzene rings is 1. The number of amides is 1. The van der Waals surface area contributed by atoms with E-state index in [-0.39, 0.29) is 35.6 Å². The molecule has 174 valence electrons. The van der Waals surface area contributed by atoms with E-state index in [0.29, 0.717) is 42.8 Å². The van der Waals surface area contributed by atoms with Crippen LogP contribution >= 0.6 is 11.3 Å². The first-order valence-electron chi connectivity index (χ1n) is 11.1. The molecule has 0 N–H and O–H groups in total. The summed E-state index contributed by atoms with van der Waals surface area (Å²) in [4.78, 5) is 35.2. The average molecular weight is 487 g/mol. The molecule has 0 saturated carbocycles. The van der Waals surface area contributed by atoms with Crippen LogP contribution in [0, 0.1) is 6.92 Å². The van der Waals surface area contributed by atoms with E-state index in [1.807, 2.05) is 36.6 Å². The van der Waals surface area contributed by atoms with Crippen LogP contribution in [-0.4, -0.2) is 77.4 Å². The first-order valence-corrected chi connectivity index (χ1v) is 13.8. The van der Waals surface area contributed by atoms with Crippen LogP contribution in [0.3, 0.4) is 0 Å². The Bertz CT molecular complexity index is 1350. The summed E-state index contributed by atoms with van der Waals surface area (Å²) in [5.41, 5.74) is 2.74. The van der Waals surface area contributed by atoms with Crippen molar-refractivity contribution in [3.05, 3.63) is 51.9 Å². The van der Waals surface area contributed by atoms with Gasteiger partial charge in [-0.3, -0.25) is 19.1 Å². The van der Waals surface area contributed by atoms with E-state index < -0.39 is 9.84 Å². The van der Waals surface area contributed by atoms with E-state index in [0.717, 1.165) is 16.7 Å². The zero-order chi connectivity index (χ0) is 23.2. The summed E-state index contributed by atoms with van der Waals surface area (Å²) in [6, 6.07) is 8.07. The van der Waals surface area contributed by atoms with E-state index in [1.165, 1.54) is 22.2 Å². The maximum Gasteiger partial charge on any atom is 0.263 e. The van der Waals surface area contributed by atoms with Gasteiger partial charge in [0.15, 0.2) is 9.84 Å². The zero-order valence-corrected chi connectivity index (χ0v) is 20.1. The highest BCUT2D eigenvalue weighted by molar-refractivity contribution is 7.91. The molecule has 2 aliphatic rings. The number of hydrogen-bond acceptors (Lipinski definition) is 7. The smallest absolute Gasteiger partial charge is 0.263 e. The van der Waals surface area contributed by atoms with E-state index in [2.05, 4.69) is 9.88 Å². The fourth-order valence-electron chi connectivity index (χ4n) is 4.67. The largest absolute Gasteiger partial charge is 0.339 e. The second-order valence-corrected chi connectivity index (χ2v) is 11.9. The molecule has 5 rings (SSSR count). The number of aryl methyl sites for hydroxylation is 1.